The van der Waals surface area contributed by atoms with Crippen LogP contribution in [0.1, 0.15) is 34.3 Å². The summed E-state index contributed by atoms with van der Waals surface area (Å²) in [7, 11) is 0. The molecule has 0 saturated heterocycles. The van der Waals surface area contributed by atoms with Crippen molar-refractivity contribution in [1.82, 2.24) is 14.9 Å². The Kier molecular flexibility index (Phi) is 5.89. The molecule has 1 aromatic carbocycles. The summed E-state index contributed by atoms with van der Waals surface area (Å²) in [6, 6.07) is 14.3. The van der Waals surface area contributed by atoms with E-state index in [1.807, 2.05) is 24.3 Å². The van der Waals surface area contributed by atoms with Gasteiger partial charge in [-0.15, -0.1) is 0 Å². The molecule has 1 amide bonds. The second kappa shape index (κ2) is 8.94. The number of hydrogen-bond donors (Lipinski definition) is 1. The smallest absolute Gasteiger partial charge is 0.257 e. The highest BCUT2D eigenvalue weighted by Crippen LogP contribution is 2.20. The van der Waals surface area contributed by atoms with Gasteiger partial charge in [-0.3, -0.25) is 9.59 Å². The molecule has 0 spiro atoms. The quantitative estimate of drug-likeness (QED) is 0.295. The SMILES string of the molecule is O.O=C(NC1CC1)c1cn(-c2cccc(C#Cc3ccc[n+]([O-])c3)c2)c2ncccc2c1=O. The van der Waals surface area contributed by atoms with Crippen LogP contribution in [0.2, 0.25) is 0 Å². The molecule has 3 N–H and O–H groups in total. The number of hydrogen-bond acceptors (Lipinski definition) is 4. The van der Waals surface area contributed by atoms with Gasteiger partial charge in [-0.25, -0.2) is 4.98 Å². The van der Waals surface area contributed by atoms with Gasteiger partial charge in [0.25, 0.3) is 5.91 Å². The Bertz CT molecular complexity index is 1480. The van der Waals surface area contributed by atoms with Crippen molar-refractivity contribution >= 4 is 16.9 Å². The fourth-order valence-electron chi connectivity index (χ4n) is 3.42. The monoisotopic (exact) mass is 440 g/mol. The van der Waals surface area contributed by atoms with Crippen LogP contribution < -0.4 is 15.5 Å². The van der Waals surface area contributed by atoms with Gasteiger partial charge >= 0.3 is 0 Å². The molecule has 33 heavy (non-hydrogen) atoms. The fourth-order valence-corrected chi connectivity index (χ4v) is 3.42. The van der Waals surface area contributed by atoms with Crippen molar-refractivity contribution in [3.8, 4) is 17.5 Å². The van der Waals surface area contributed by atoms with Gasteiger partial charge in [0.15, 0.2) is 12.4 Å². The molecule has 0 unspecified atom stereocenters. The highest BCUT2D eigenvalue weighted by atomic mass is 16.5. The molecule has 0 aliphatic heterocycles. The average Bonchev–Trinajstić information content (AvgIpc) is 3.62. The Morgan fingerprint density at radius 3 is 2.70 bits per heavy atom. The second-order valence-corrected chi connectivity index (χ2v) is 7.62. The highest BCUT2D eigenvalue weighted by molar-refractivity contribution is 5.97. The minimum atomic E-state index is -0.372. The predicted molar refractivity (Wildman–Crippen MR) is 123 cm³/mol. The lowest BCUT2D eigenvalue weighted by Crippen LogP contribution is -2.31. The Morgan fingerprint density at radius 2 is 1.91 bits per heavy atom. The molecule has 3 heterocycles. The molecule has 1 aliphatic carbocycles. The van der Waals surface area contributed by atoms with Crippen molar-refractivity contribution in [2.75, 3.05) is 0 Å². The van der Waals surface area contributed by atoms with E-state index in [2.05, 4.69) is 22.1 Å². The number of pyridine rings is 3. The van der Waals surface area contributed by atoms with E-state index in [9.17, 15) is 14.8 Å². The van der Waals surface area contributed by atoms with E-state index in [0.29, 0.717) is 27.0 Å². The topological polar surface area (TPSA) is 122 Å². The lowest BCUT2D eigenvalue weighted by atomic mass is 10.1. The van der Waals surface area contributed by atoms with Crippen LogP contribution in [0.25, 0.3) is 16.7 Å². The van der Waals surface area contributed by atoms with Crippen molar-refractivity contribution in [2.45, 2.75) is 18.9 Å². The fraction of sp³-hybridized carbons (Fsp3) is 0.120. The van der Waals surface area contributed by atoms with E-state index in [0.717, 1.165) is 18.4 Å². The van der Waals surface area contributed by atoms with Crippen LogP contribution in [0.15, 0.2) is 78.1 Å². The third-order valence-electron chi connectivity index (χ3n) is 5.17. The Balaban J connectivity index is 0.00000259. The van der Waals surface area contributed by atoms with E-state index < -0.39 is 0 Å². The van der Waals surface area contributed by atoms with Crippen molar-refractivity contribution in [1.29, 1.82) is 0 Å². The normalized spacial score (nSPS) is 12.4. The summed E-state index contributed by atoms with van der Waals surface area (Å²) in [6.45, 7) is 0. The Morgan fingerprint density at radius 1 is 1.12 bits per heavy atom. The van der Waals surface area contributed by atoms with E-state index >= 15 is 0 Å². The number of nitrogens with zero attached hydrogens (tertiary/aromatic N) is 3. The van der Waals surface area contributed by atoms with Crippen LogP contribution in [0.5, 0.6) is 0 Å². The molecule has 4 aromatic rings. The first-order valence-electron chi connectivity index (χ1n) is 10.2. The van der Waals surface area contributed by atoms with Gasteiger partial charge in [0.05, 0.1) is 10.9 Å². The molecule has 3 aromatic heterocycles. The average molecular weight is 440 g/mol. The van der Waals surface area contributed by atoms with Gasteiger partial charge in [0, 0.05) is 35.8 Å². The van der Waals surface area contributed by atoms with Crippen LogP contribution in [-0.4, -0.2) is 27.0 Å². The first-order chi connectivity index (χ1) is 15.6. The van der Waals surface area contributed by atoms with Crippen LogP contribution in [0.3, 0.4) is 0 Å². The van der Waals surface area contributed by atoms with Crippen LogP contribution >= 0.6 is 0 Å². The minimum absolute atomic E-state index is 0. The van der Waals surface area contributed by atoms with Gasteiger partial charge in [0.2, 0.25) is 5.43 Å². The van der Waals surface area contributed by atoms with Crippen molar-refractivity contribution in [3.05, 3.63) is 105 Å². The number of carbonyl (C=O) groups excluding carboxylic acids is 1. The molecule has 8 heteroatoms. The van der Waals surface area contributed by atoms with E-state index in [1.165, 1.54) is 12.4 Å². The summed E-state index contributed by atoms with van der Waals surface area (Å²) < 4.78 is 2.44. The summed E-state index contributed by atoms with van der Waals surface area (Å²) in [5.41, 5.74) is 2.23. The molecular weight excluding hydrogens is 420 g/mol. The third-order valence-corrected chi connectivity index (χ3v) is 5.17. The van der Waals surface area contributed by atoms with Crippen molar-refractivity contribution < 1.29 is 15.0 Å². The maximum atomic E-state index is 12.9. The third kappa shape index (κ3) is 4.59. The van der Waals surface area contributed by atoms with Gasteiger partial charge < -0.3 is 20.6 Å². The van der Waals surface area contributed by atoms with Gasteiger partial charge in [-0.1, -0.05) is 17.9 Å². The van der Waals surface area contributed by atoms with Gasteiger partial charge in [0.1, 0.15) is 11.2 Å². The first kappa shape index (κ1) is 21.7. The van der Waals surface area contributed by atoms with E-state index in [4.69, 9.17) is 0 Å². The molecule has 0 bridgehead atoms. The molecule has 1 fully saturated rings. The van der Waals surface area contributed by atoms with Crippen molar-refractivity contribution in [2.24, 2.45) is 0 Å². The summed E-state index contributed by atoms with van der Waals surface area (Å²) in [5, 5.41) is 14.7. The molecule has 0 atom stereocenters. The Labute approximate surface area is 189 Å². The molecule has 1 saturated carbocycles. The molecule has 164 valence electrons. The van der Waals surface area contributed by atoms with Gasteiger partial charge in [-0.2, -0.15) is 4.73 Å². The number of carbonyl (C=O) groups is 1. The standard InChI is InChI=1S/C25H18N4O3.H2O/c30-23-21-7-2-12-26-24(21)29(16-22(23)25(31)27-19-10-11-19)20-6-1-4-17(14-20)8-9-18-5-3-13-28(32)15-18;/h1-7,12-16,19H,10-11H2,(H,27,31);1H2. The number of nitrogens with one attached hydrogen (secondary N) is 1. The Hall–Kier alpha value is -4.48. The van der Waals surface area contributed by atoms with E-state index in [1.54, 1.807) is 41.2 Å². The zero-order chi connectivity index (χ0) is 22.1. The molecule has 5 rings (SSSR count). The zero-order valence-corrected chi connectivity index (χ0v) is 17.5. The lowest BCUT2D eigenvalue weighted by Gasteiger charge is -2.13. The maximum absolute atomic E-state index is 12.9. The number of aromatic nitrogens is 3. The summed E-state index contributed by atoms with van der Waals surface area (Å²) in [6.07, 6.45) is 7.82. The van der Waals surface area contributed by atoms with Crippen molar-refractivity contribution in [3.63, 3.8) is 0 Å². The maximum Gasteiger partial charge on any atom is 0.257 e. The number of amides is 1. The highest BCUT2D eigenvalue weighted by Gasteiger charge is 2.26. The number of rotatable bonds is 3. The molecule has 0 radical (unpaired) electrons. The summed E-state index contributed by atoms with van der Waals surface area (Å²) in [5.74, 6) is 5.66. The van der Waals surface area contributed by atoms with Crippen LogP contribution in [0, 0.1) is 17.0 Å². The number of benzene rings is 1. The lowest BCUT2D eigenvalue weighted by molar-refractivity contribution is -0.605. The largest absolute Gasteiger partial charge is 0.619 e. The van der Waals surface area contributed by atoms with Crippen LogP contribution in [-0.2, 0) is 0 Å². The zero-order valence-electron chi connectivity index (χ0n) is 17.5. The second-order valence-electron chi connectivity index (χ2n) is 7.62. The molecule has 8 nitrogen and oxygen atoms in total. The molecular formula is C25H20N4O4. The summed E-state index contributed by atoms with van der Waals surface area (Å²) in [4.78, 5) is 30.0. The first-order valence-corrected chi connectivity index (χ1v) is 10.2. The molecule has 1 aliphatic rings. The minimum Gasteiger partial charge on any atom is -0.619 e. The van der Waals surface area contributed by atoms with Crippen LogP contribution in [0.4, 0.5) is 0 Å². The van der Waals surface area contributed by atoms with E-state index in [-0.39, 0.29) is 28.4 Å². The van der Waals surface area contributed by atoms with Gasteiger partial charge in [-0.05, 0) is 49.2 Å². The number of fused-ring (bicyclic) bond motifs is 1. The summed E-state index contributed by atoms with van der Waals surface area (Å²) >= 11 is 0. The predicted octanol–water partition coefficient (Wildman–Crippen LogP) is 1.49.